The molecule has 1 heterocycles. The van der Waals surface area contributed by atoms with Gasteiger partial charge in [0.25, 0.3) is 0 Å². The van der Waals surface area contributed by atoms with Crippen LogP contribution in [0.2, 0.25) is 0 Å². The molecule has 118 valence electrons. The lowest BCUT2D eigenvalue weighted by Gasteiger charge is -2.21. The Bertz CT molecular complexity index is 441. The van der Waals surface area contributed by atoms with Crippen molar-refractivity contribution in [3.8, 4) is 0 Å². The molecule has 6 nitrogen and oxygen atoms in total. The molecule has 1 atom stereocenters. The third-order valence-corrected chi connectivity index (χ3v) is 3.96. The van der Waals surface area contributed by atoms with E-state index in [1.165, 1.54) is 32.1 Å². The van der Waals surface area contributed by atoms with E-state index in [-0.39, 0.29) is 11.9 Å². The summed E-state index contributed by atoms with van der Waals surface area (Å²) in [5.74, 6) is 1.68. The van der Waals surface area contributed by atoms with E-state index in [4.69, 9.17) is 9.26 Å². The topological polar surface area (TPSA) is 77.3 Å². The fourth-order valence-electron chi connectivity index (χ4n) is 2.75. The number of ether oxygens (including phenoxy) is 1. The van der Waals surface area contributed by atoms with Gasteiger partial charge in [0.15, 0.2) is 5.82 Å². The van der Waals surface area contributed by atoms with Gasteiger partial charge in [-0.2, -0.15) is 4.98 Å². The van der Waals surface area contributed by atoms with Crippen molar-refractivity contribution < 1.29 is 14.1 Å². The third-order valence-electron chi connectivity index (χ3n) is 3.96. The molecule has 0 aromatic carbocycles. The average molecular weight is 295 g/mol. The van der Waals surface area contributed by atoms with Gasteiger partial charge in [0, 0.05) is 20.0 Å². The van der Waals surface area contributed by atoms with E-state index in [0.29, 0.717) is 37.1 Å². The van der Waals surface area contributed by atoms with Gasteiger partial charge in [-0.05, 0) is 25.7 Å². The lowest BCUT2D eigenvalue weighted by Crippen LogP contribution is -2.29. The van der Waals surface area contributed by atoms with Crippen LogP contribution in [0, 0.1) is 5.92 Å². The van der Waals surface area contributed by atoms with Gasteiger partial charge in [0.1, 0.15) is 6.04 Å². The number of carbonyl (C=O) groups is 1. The zero-order chi connectivity index (χ0) is 15.1. The summed E-state index contributed by atoms with van der Waals surface area (Å²) < 4.78 is 10.2. The number of nitrogens with zero attached hydrogens (tertiary/aromatic N) is 2. The first-order chi connectivity index (χ1) is 10.2. The minimum Gasteiger partial charge on any atom is -0.384 e. The molecule has 6 heteroatoms. The number of hydrogen-bond acceptors (Lipinski definition) is 5. The highest BCUT2D eigenvalue weighted by Crippen LogP contribution is 2.26. The Labute approximate surface area is 125 Å². The summed E-state index contributed by atoms with van der Waals surface area (Å²) in [4.78, 5) is 16.3. The zero-order valence-corrected chi connectivity index (χ0v) is 12.9. The predicted octanol–water partition coefficient (Wildman–Crippen LogP) is 2.41. The van der Waals surface area contributed by atoms with Gasteiger partial charge in [0.05, 0.1) is 6.61 Å². The van der Waals surface area contributed by atoms with Crippen LogP contribution in [0.25, 0.3) is 0 Å². The van der Waals surface area contributed by atoms with Crippen LogP contribution in [0.4, 0.5) is 0 Å². The molecule has 0 saturated heterocycles. The van der Waals surface area contributed by atoms with Crippen LogP contribution >= 0.6 is 0 Å². The smallest absolute Gasteiger partial charge is 0.248 e. The van der Waals surface area contributed by atoms with E-state index < -0.39 is 0 Å². The Kier molecular flexibility index (Phi) is 6.17. The Hall–Kier alpha value is -1.43. The standard InChI is InChI=1S/C15H25N3O3/c1-11(15-17-13(18-21-15)8-9-20-2)16-14(19)10-12-6-4-3-5-7-12/h11-12H,3-10H2,1-2H3,(H,16,19)/t11-/m1/s1. The van der Waals surface area contributed by atoms with Gasteiger partial charge in [-0.1, -0.05) is 24.4 Å². The monoisotopic (exact) mass is 295 g/mol. The molecular weight excluding hydrogens is 270 g/mol. The van der Waals surface area contributed by atoms with Crippen LogP contribution in [-0.2, 0) is 16.0 Å². The molecular formula is C15H25N3O3. The summed E-state index contributed by atoms with van der Waals surface area (Å²) >= 11 is 0. The van der Waals surface area contributed by atoms with Crippen molar-refractivity contribution in [2.45, 2.75) is 57.9 Å². The van der Waals surface area contributed by atoms with Crippen molar-refractivity contribution in [2.75, 3.05) is 13.7 Å². The molecule has 2 rings (SSSR count). The molecule has 1 amide bonds. The molecule has 21 heavy (non-hydrogen) atoms. The lowest BCUT2D eigenvalue weighted by molar-refractivity contribution is -0.123. The Morgan fingerprint density at radius 1 is 1.43 bits per heavy atom. The summed E-state index contributed by atoms with van der Waals surface area (Å²) in [5, 5.41) is 6.83. The van der Waals surface area contributed by atoms with Crippen LogP contribution in [0.15, 0.2) is 4.52 Å². The van der Waals surface area contributed by atoms with E-state index in [1.807, 2.05) is 6.92 Å². The first-order valence-corrected chi connectivity index (χ1v) is 7.80. The van der Waals surface area contributed by atoms with Crippen molar-refractivity contribution in [1.29, 1.82) is 0 Å². The molecule has 0 unspecified atom stereocenters. The average Bonchev–Trinajstić information content (AvgIpc) is 2.95. The van der Waals surface area contributed by atoms with Crippen molar-refractivity contribution in [3.63, 3.8) is 0 Å². The maximum atomic E-state index is 12.1. The highest BCUT2D eigenvalue weighted by molar-refractivity contribution is 5.76. The van der Waals surface area contributed by atoms with Crippen LogP contribution in [-0.4, -0.2) is 29.8 Å². The lowest BCUT2D eigenvalue weighted by atomic mass is 9.87. The largest absolute Gasteiger partial charge is 0.384 e. The maximum absolute atomic E-state index is 12.1. The van der Waals surface area contributed by atoms with E-state index in [2.05, 4.69) is 15.5 Å². The quantitative estimate of drug-likeness (QED) is 0.835. The van der Waals surface area contributed by atoms with Crippen molar-refractivity contribution in [2.24, 2.45) is 5.92 Å². The number of amides is 1. The van der Waals surface area contributed by atoms with Gasteiger partial charge in [-0.3, -0.25) is 4.79 Å². The molecule has 0 radical (unpaired) electrons. The second kappa shape index (κ2) is 8.12. The summed E-state index contributed by atoms with van der Waals surface area (Å²) in [5.41, 5.74) is 0. The fraction of sp³-hybridized carbons (Fsp3) is 0.800. The second-order valence-corrected chi connectivity index (χ2v) is 5.79. The minimum atomic E-state index is -0.245. The number of rotatable bonds is 7. The van der Waals surface area contributed by atoms with Gasteiger partial charge in [0.2, 0.25) is 11.8 Å². The summed E-state index contributed by atoms with van der Waals surface area (Å²) in [6.45, 7) is 2.42. The second-order valence-electron chi connectivity index (χ2n) is 5.79. The summed E-state index contributed by atoms with van der Waals surface area (Å²) in [7, 11) is 1.63. The van der Waals surface area contributed by atoms with Gasteiger partial charge in [-0.25, -0.2) is 0 Å². The number of aromatic nitrogens is 2. The van der Waals surface area contributed by atoms with Crippen LogP contribution in [0.5, 0.6) is 0 Å². The van der Waals surface area contributed by atoms with Crippen molar-refractivity contribution in [3.05, 3.63) is 11.7 Å². The van der Waals surface area contributed by atoms with E-state index in [1.54, 1.807) is 7.11 Å². The number of hydrogen-bond donors (Lipinski definition) is 1. The Balaban J connectivity index is 1.78. The fourth-order valence-corrected chi connectivity index (χ4v) is 2.75. The van der Waals surface area contributed by atoms with Gasteiger partial charge >= 0.3 is 0 Å². The maximum Gasteiger partial charge on any atom is 0.248 e. The summed E-state index contributed by atoms with van der Waals surface area (Å²) in [6, 6.07) is -0.245. The highest BCUT2D eigenvalue weighted by Gasteiger charge is 2.20. The zero-order valence-electron chi connectivity index (χ0n) is 12.9. The molecule has 1 aliphatic carbocycles. The summed E-state index contributed by atoms with van der Waals surface area (Å²) in [6.07, 6.45) is 7.37. The molecule has 1 fully saturated rings. The molecule has 0 aliphatic heterocycles. The number of nitrogens with one attached hydrogen (secondary N) is 1. The van der Waals surface area contributed by atoms with Crippen LogP contribution < -0.4 is 5.32 Å². The van der Waals surface area contributed by atoms with Gasteiger partial charge in [-0.15, -0.1) is 0 Å². The predicted molar refractivity (Wildman–Crippen MR) is 77.6 cm³/mol. The number of carbonyl (C=O) groups excluding carboxylic acids is 1. The van der Waals surface area contributed by atoms with Crippen molar-refractivity contribution >= 4 is 5.91 Å². The molecule has 1 aromatic rings. The van der Waals surface area contributed by atoms with Crippen molar-refractivity contribution in [1.82, 2.24) is 15.5 Å². The molecule has 0 bridgehead atoms. The molecule has 0 spiro atoms. The van der Waals surface area contributed by atoms with E-state index in [0.717, 1.165) is 0 Å². The molecule has 1 N–H and O–H groups in total. The Morgan fingerprint density at radius 3 is 2.90 bits per heavy atom. The first-order valence-electron chi connectivity index (χ1n) is 7.80. The van der Waals surface area contributed by atoms with E-state index >= 15 is 0 Å². The normalized spacial score (nSPS) is 17.6. The van der Waals surface area contributed by atoms with Gasteiger partial charge < -0.3 is 14.6 Å². The van der Waals surface area contributed by atoms with E-state index in [9.17, 15) is 4.79 Å². The molecule has 1 saturated carbocycles. The SMILES string of the molecule is COCCc1noc([C@@H](C)NC(=O)CC2CCCCC2)n1. The Morgan fingerprint density at radius 2 is 2.19 bits per heavy atom. The molecule has 1 aliphatic rings. The minimum absolute atomic E-state index is 0.0750. The molecule has 1 aromatic heterocycles. The highest BCUT2D eigenvalue weighted by atomic mass is 16.5. The number of methoxy groups -OCH3 is 1. The van der Waals surface area contributed by atoms with Crippen LogP contribution in [0.3, 0.4) is 0 Å². The third kappa shape index (κ3) is 5.12. The van der Waals surface area contributed by atoms with Crippen LogP contribution in [0.1, 0.15) is 63.2 Å². The first kappa shape index (κ1) is 15.9.